The van der Waals surface area contributed by atoms with E-state index in [0.29, 0.717) is 6.04 Å². The Morgan fingerprint density at radius 2 is 1.94 bits per heavy atom. The van der Waals surface area contributed by atoms with Crippen molar-refractivity contribution in [3.05, 3.63) is 58.3 Å². The molecule has 1 aromatic carbocycles. The van der Waals surface area contributed by atoms with Crippen LogP contribution in [-0.4, -0.2) is 0 Å². The zero-order chi connectivity index (χ0) is 12.4. The second-order valence-electron chi connectivity index (χ2n) is 5.22. The minimum atomic E-state index is 0.211. The van der Waals surface area contributed by atoms with E-state index in [-0.39, 0.29) is 5.54 Å². The van der Waals surface area contributed by atoms with Crippen LogP contribution in [0, 0.1) is 0 Å². The molecule has 18 heavy (non-hydrogen) atoms. The van der Waals surface area contributed by atoms with Crippen molar-refractivity contribution in [3.8, 4) is 0 Å². The zero-order valence-corrected chi connectivity index (χ0v) is 11.5. The van der Waals surface area contributed by atoms with Crippen molar-refractivity contribution in [1.29, 1.82) is 0 Å². The number of rotatable bonds is 4. The fourth-order valence-electron chi connectivity index (χ4n) is 2.82. The smallest absolute Gasteiger partial charge is 0.0439 e. The number of hydrogen-bond donors (Lipinski definition) is 1. The third-order valence-corrected chi connectivity index (χ3v) is 4.77. The monoisotopic (exact) mass is 257 g/mol. The van der Waals surface area contributed by atoms with E-state index in [1.54, 1.807) is 11.3 Å². The van der Waals surface area contributed by atoms with Crippen LogP contribution in [0.15, 0.2) is 47.2 Å². The maximum absolute atomic E-state index is 3.86. The van der Waals surface area contributed by atoms with E-state index in [1.807, 2.05) is 0 Å². The van der Waals surface area contributed by atoms with E-state index in [0.717, 1.165) is 0 Å². The average molecular weight is 257 g/mol. The molecule has 1 heterocycles. The molecule has 2 heteroatoms. The lowest BCUT2D eigenvalue weighted by Crippen LogP contribution is -2.48. The fraction of sp³-hybridized carbons (Fsp3) is 0.375. The van der Waals surface area contributed by atoms with Crippen molar-refractivity contribution in [2.75, 3.05) is 0 Å². The van der Waals surface area contributed by atoms with E-state index >= 15 is 0 Å². The summed E-state index contributed by atoms with van der Waals surface area (Å²) in [7, 11) is 0. The van der Waals surface area contributed by atoms with Gasteiger partial charge in [-0.1, -0.05) is 30.3 Å². The van der Waals surface area contributed by atoms with Gasteiger partial charge in [-0.2, -0.15) is 11.3 Å². The standard InChI is InChI=1S/C16H19NS/c1-13(14-8-11-18-12-14)17-16(9-5-10-16)15-6-3-2-4-7-15/h2-4,6-8,11-13,17H,5,9-10H2,1H3. The predicted octanol–water partition coefficient (Wildman–Crippen LogP) is 4.48. The first kappa shape index (κ1) is 11.9. The molecule has 94 valence electrons. The van der Waals surface area contributed by atoms with Crippen LogP contribution in [0.3, 0.4) is 0 Å². The van der Waals surface area contributed by atoms with Gasteiger partial charge in [0.05, 0.1) is 0 Å². The van der Waals surface area contributed by atoms with Crippen LogP contribution in [0.4, 0.5) is 0 Å². The SMILES string of the molecule is CC(NC1(c2ccccc2)CCC1)c1ccsc1. The molecule has 1 aromatic heterocycles. The van der Waals surface area contributed by atoms with E-state index < -0.39 is 0 Å². The summed E-state index contributed by atoms with van der Waals surface area (Å²) in [5, 5.41) is 8.26. The third kappa shape index (κ3) is 2.11. The molecule has 1 saturated carbocycles. The van der Waals surface area contributed by atoms with Crippen molar-refractivity contribution >= 4 is 11.3 Å². The molecule has 1 unspecified atom stereocenters. The van der Waals surface area contributed by atoms with Gasteiger partial charge in [-0.25, -0.2) is 0 Å². The van der Waals surface area contributed by atoms with Crippen molar-refractivity contribution in [2.24, 2.45) is 0 Å². The van der Waals surface area contributed by atoms with Gasteiger partial charge in [0.25, 0.3) is 0 Å². The Labute approximate surface area is 113 Å². The quantitative estimate of drug-likeness (QED) is 0.851. The first-order valence-electron chi connectivity index (χ1n) is 6.65. The maximum atomic E-state index is 3.86. The summed E-state index contributed by atoms with van der Waals surface area (Å²) in [4.78, 5) is 0. The number of nitrogens with one attached hydrogen (secondary N) is 1. The summed E-state index contributed by atoms with van der Waals surface area (Å²) in [5.74, 6) is 0. The molecule has 1 fully saturated rings. The molecule has 1 atom stereocenters. The molecule has 0 spiro atoms. The summed E-state index contributed by atoms with van der Waals surface area (Å²) in [6, 6.07) is 13.5. The highest BCUT2D eigenvalue weighted by atomic mass is 32.1. The molecular weight excluding hydrogens is 238 g/mol. The Hall–Kier alpha value is -1.12. The number of thiophene rings is 1. The van der Waals surface area contributed by atoms with Gasteiger partial charge >= 0.3 is 0 Å². The second-order valence-corrected chi connectivity index (χ2v) is 6.00. The molecule has 1 aliphatic carbocycles. The molecule has 1 nitrogen and oxygen atoms in total. The highest BCUT2D eigenvalue weighted by molar-refractivity contribution is 7.07. The van der Waals surface area contributed by atoms with Gasteiger partial charge in [-0.3, -0.25) is 0 Å². The van der Waals surface area contributed by atoms with Crippen LogP contribution in [0.2, 0.25) is 0 Å². The Morgan fingerprint density at radius 3 is 2.50 bits per heavy atom. The minimum absolute atomic E-state index is 0.211. The number of benzene rings is 1. The van der Waals surface area contributed by atoms with Crippen LogP contribution in [0.5, 0.6) is 0 Å². The van der Waals surface area contributed by atoms with Crippen LogP contribution in [-0.2, 0) is 5.54 Å². The predicted molar refractivity (Wildman–Crippen MR) is 77.8 cm³/mol. The third-order valence-electron chi connectivity index (χ3n) is 4.07. The molecule has 2 aromatic rings. The Kier molecular flexibility index (Phi) is 3.23. The Bertz CT molecular complexity index is 485. The van der Waals surface area contributed by atoms with Gasteiger partial charge < -0.3 is 5.32 Å². The van der Waals surface area contributed by atoms with Crippen molar-refractivity contribution in [1.82, 2.24) is 5.32 Å². The minimum Gasteiger partial charge on any atom is -0.301 e. The Morgan fingerprint density at radius 1 is 1.17 bits per heavy atom. The van der Waals surface area contributed by atoms with Gasteiger partial charge in [0.2, 0.25) is 0 Å². The summed E-state index contributed by atoms with van der Waals surface area (Å²) in [6.45, 7) is 2.27. The summed E-state index contributed by atoms with van der Waals surface area (Å²) >= 11 is 1.78. The first-order valence-corrected chi connectivity index (χ1v) is 7.60. The van der Waals surface area contributed by atoms with E-state index in [1.165, 1.54) is 30.4 Å². The molecule has 0 amide bonds. The van der Waals surface area contributed by atoms with E-state index in [2.05, 4.69) is 59.4 Å². The Balaban J connectivity index is 1.81. The zero-order valence-electron chi connectivity index (χ0n) is 10.7. The molecule has 1 aliphatic rings. The lowest BCUT2D eigenvalue weighted by molar-refractivity contribution is 0.167. The van der Waals surface area contributed by atoms with Crippen molar-refractivity contribution in [3.63, 3.8) is 0 Å². The normalized spacial score (nSPS) is 19.2. The summed E-state index contributed by atoms with van der Waals surface area (Å²) < 4.78 is 0. The van der Waals surface area contributed by atoms with Gasteiger partial charge in [-0.05, 0) is 54.1 Å². The van der Waals surface area contributed by atoms with Gasteiger partial charge in [0, 0.05) is 11.6 Å². The highest BCUT2D eigenvalue weighted by Crippen LogP contribution is 2.42. The molecular formula is C16H19NS. The van der Waals surface area contributed by atoms with Crippen LogP contribution >= 0.6 is 11.3 Å². The van der Waals surface area contributed by atoms with Crippen molar-refractivity contribution < 1.29 is 0 Å². The maximum Gasteiger partial charge on any atom is 0.0439 e. The highest BCUT2D eigenvalue weighted by Gasteiger charge is 2.39. The molecule has 3 rings (SSSR count). The fourth-order valence-corrected chi connectivity index (χ4v) is 3.58. The molecule has 0 bridgehead atoms. The summed E-state index contributed by atoms with van der Waals surface area (Å²) in [6.07, 6.45) is 3.84. The van der Waals surface area contributed by atoms with Crippen molar-refractivity contribution in [2.45, 2.75) is 37.8 Å². The second kappa shape index (κ2) is 4.87. The topological polar surface area (TPSA) is 12.0 Å². The average Bonchev–Trinajstić information content (AvgIpc) is 2.88. The first-order chi connectivity index (χ1) is 8.80. The van der Waals surface area contributed by atoms with E-state index in [9.17, 15) is 0 Å². The lowest BCUT2D eigenvalue weighted by atomic mass is 9.71. The lowest BCUT2D eigenvalue weighted by Gasteiger charge is -2.45. The van der Waals surface area contributed by atoms with Gasteiger partial charge in [-0.15, -0.1) is 0 Å². The van der Waals surface area contributed by atoms with E-state index in [4.69, 9.17) is 0 Å². The van der Waals surface area contributed by atoms with Crippen LogP contribution in [0.25, 0.3) is 0 Å². The van der Waals surface area contributed by atoms with Gasteiger partial charge in [0.1, 0.15) is 0 Å². The molecule has 0 radical (unpaired) electrons. The van der Waals surface area contributed by atoms with Crippen LogP contribution < -0.4 is 5.32 Å². The van der Waals surface area contributed by atoms with Gasteiger partial charge in [0.15, 0.2) is 0 Å². The molecule has 0 aliphatic heterocycles. The number of hydrogen-bond acceptors (Lipinski definition) is 2. The molecule has 0 saturated heterocycles. The van der Waals surface area contributed by atoms with Crippen LogP contribution in [0.1, 0.15) is 43.4 Å². The largest absolute Gasteiger partial charge is 0.301 e. The summed E-state index contributed by atoms with van der Waals surface area (Å²) in [5.41, 5.74) is 3.06. The molecule has 1 N–H and O–H groups in total.